The summed E-state index contributed by atoms with van der Waals surface area (Å²) in [4.78, 5) is 27.7. The summed E-state index contributed by atoms with van der Waals surface area (Å²) in [6.07, 6.45) is 4.50. The van der Waals surface area contributed by atoms with Crippen LogP contribution in [-0.4, -0.2) is 44.9 Å². The number of benzene rings is 2. The number of halogens is 3. The minimum Gasteiger partial charge on any atom is -0.424 e. The van der Waals surface area contributed by atoms with Crippen LogP contribution in [0.25, 0.3) is 22.5 Å². The lowest BCUT2D eigenvalue weighted by Gasteiger charge is -2.40. The Morgan fingerprint density at radius 2 is 1.94 bits per heavy atom. The molecule has 0 spiro atoms. The summed E-state index contributed by atoms with van der Waals surface area (Å²) in [5.41, 5.74) is 0.533. The third-order valence-corrected chi connectivity index (χ3v) is 6.26. The first kappa shape index (κ1) is 22.8. The number of carbonyl (C=O) groups is 1. The van der Waals surface area contributed by atoms with E-state index in [1.165, 1.54) is 30.6 Å². The van der Waals surface area contributed by atoms with Crippen LogP contribution in [0, 0.1) is 23.4 Å². The van der Waals surface area contributed by atoms with Crippen LogP contribution in [0.2, 0.25) is 0 Å². The van der Waals surface area contributed by atoms with Gasteiger partial charge in [-0.2, -0.15) is 4.98 Å². The zero-order valence-electron chi connectivity index (χ0n) is 18.8. The zero-order chi connectivity index (χ0) is 24.5. The first-order valence-electron chi connectivity index (χ1n) is 11.3. The topological polar surface area (TPSA) is 84.2 Å². The van der Waals surface area contributed by atoms with Gasteiger partial charge in [0.05, 0.1) is 11.6 Å². The number of hydrogen-bond donors (Lipinski definition) is 1. The predicted octanol–water partition coefficient (Wildman–Crippen LogP) is 5.05. The molecular weight excluding hydrogens is 459 g/mol. The molecule has 2 aromatic carbocycles. The lowest BCUT2D eigenvalue weighted by atomic mass is 9.89. The second-order valence-corrected chi connectivity index (χ2v) is 8.58. The van der Waals surface area contributed by atoms with Crippen LogP contribution in [0.15, 0.2) is 53.2 Å². The molecule has 35 heavy (non-hydrogen) atoms. The van der Waals surface area contributed by atoms with E-state index in [4.69, 9.17) is 4.42 Å². The summed E-state index contributed by atoms with van der Waals surface area (Å²) in [5.74, 6) is -2.63. The minimum atomic E-state index is -0.969. The first-order valence-corrected chi connectivity index (χ1v) is 11.3. The number of anilines is 1. The van der Waals surface area contributed by atoms with E-state index in [1.807, 2.05) is 6.92 Å². The van der Waals surface area contributed by atoms with Crippen molar-refractivity contribution in [2.45, 2.75) is 25.8 Å². The maximum absolute atomic E-state index is 15.0. The van der Waals surface area contributed by atoms with Gasteiger partial charge in [0.1, 0.15) is 23.0 Å². The molecule has 1 N–H and O–H groups in total. The molecule has 4 aromatic rings. The summed E-state index contributed by atoms with van der Waals surface area (Å²) < 4.78 is 48.2. The monoisotopic (exact) mass is 481 g/mol. The van der Waals surface area contributed by atoms with Crippen LogP contribution in [0.5, 0.6) is 0 Å². The highest BCUT2D eigenvalue weighted by atomic mass is 19.1. The number of fused-ring (bicyclic) bond motifs is 1. The molecule has 1 aliphatic rings. The highest BCUT2D eigenvalue weighted by molar-refractivity contribution is 6.00. The van der Waals surface area contributed by atoms with Gasteiger partial charge in [-0.1, -0.05) is 6.92 Å². The largest absolute Gasteiger partial charge is 0.424 e. The molecule has 2 unspecified atom stereocenters. The van der Waals surface area contributed by atoms with Gasteiger partial charge in [-0.05, 0) is 43.0 Å². The van der Waals surface area contributed by atoms with Gasteiger partial charge in [0.25, 0.3) is 11.9 Å². The molecule has 2 aromatic heterocycles. The Morgan fingerprint density at radius 3 is 2.74 bits per heavy atom. The molecule has 0 aliphatic carbocycles. The number of piperidine rings is 1. The van der Waals surface area contributed by atoms with Crippen LogP contribution in [0.4, 0.5) is 19.2 Å². The number of amides is 1. The fraction of sp³-hybridized carbons (Fsp3) is 0.280. The summed E-state index contributed by atoms with van der Waals surface area (Å²) in [6.45, 7) is 2.69. The number of likely N-dealkylation sites (tertiary alicyclic amines) is 1. The molecule has 7 nitrogen and oxygen atoms in total. The van der Waals surface area contributed by atoms with Gasteiger partial charge in [0.15, 0.2) is 11.4 Å². The molecule has 0 radical (unpaired) electrons. The van der Waals surface area contributed by atoms with Gasteiger partial charge in [-0.3, -0.25) is 4.79 Å². The Morgan fingerprint density at radius 1 is 1.14 bits per heavy atom. The van der Waals surface area contributed by atoms with E-state index >= 15 is 4.39 Å². The first-order chi connectivity index (χ1) is 16.9. The molecular formula is C25H22F3N5O2. The summed E-state index contributed by atoms with van der Waals surface area (Å²) in [5, 5.41) is 3.09. The van der Waals surface area contributed by atoms with Gasteiger partial charge < -0.3 is 14.6 Å². The number of nitrogens with zero attached hydrogens (tertiary/aromatic N) is 4. The Bertz CT molecular complexity index is 1380. The fourth-order valence-electron chi connectivity index (χ4n) is 4.53. The Labute approximate surface area is 199 Å². The van der Waals surface area contributed by atoms with Crippen molar-refractivity contribution in [1.82, 2.24) is 19.9 Å². The van der Waals surface area contributed by atoms with E-state index in [0.29, 0.717) is 23.7 Å². The van der Waals surface area contributed by atoms with E-state index < -0.39 is 23.4 Å². The second kappa shape index (κ2) is 9.36. The van der Waals surface area contributed by atoms with Crippen LogP contribution in [0.3, 0.4) is 0 Å². The smallest absolute Gasteiger partial charge is 0.295 e. The number of hydrogen-bond acceptors (Lipinski definition) is 6. The van der Waals surface area contributed by atoms with Gasteiger partial charge in [0.2, 0.25) is 0 Å². The van der Waals surface area contributed by atoms with Crippen LogP contribution in [0.1, 0.15) is 30.1 Å². The number of carbonyl (C=O) groups excluding carboxylic acids is 1. The standard InChI is InChI=1S/C25H22F3N5O2/c1-14-4-2-9-33(20(14)13-31-25-32-19-12-15(26)5-6-21(19)35-25)24(34)22-17(10-16(27)11-18(22)28)23-29-7-3-8-30-23/h3,5-8,10-12,14,20H,2,4,9,13H2,1H3,(H,31,32). The predicted molar refractivity (Wildman–Crippen MR) is 123 cm³/mol. The van der Waals surface area contributed by atoms with Gasteiger partial charge in [0, 0.05) is 43.2 Å². The average Bonchev–Trinajstić information content (AvgIpc) is 3.25. The third kappa shape index (κ3) is 4.55. The highest BCUT2D eigenvalue weighted by Crippen LogP contribution is 2.31. The Balaban J connectivity index is 1.44. The highest BCUT2D eigenvalue weighted by Gasteiger charge is 2.35. The molecule has 1 aliphatic heterocycles. The zero-order valence-corrected chi connectivity index (χ0v) is 18.8. The third-order valence-electron chi connectivity index (χ3n) is 6.26. The SMILES string of the molecule is CC1CCCN(C(=O)c2c(F)cc(F)cc2-c2ncccn2)C1CNc1nc2cc(F)ccc2o1. The number of rotatable bonds is 5. The molecule has 5 rings (SSSR count). The van der Waals surface area contributed by atoms with E-state index in [0.717, 1.165) is 18.9 Å². The number of nitrogens with one attached hydrogen (secondary N) is 1. The Kier molecular flexibility index (Phi) is 6.10. The van der Waals surface area contributed by atoms with Gasteiger partial charge in [-0.15, -0.1) is 0 Å². The second-order valence-electron chi connectivity index (χ2n) is 8.58. The van der Waals surface area contributed by atoms with Gasteiger partial charge >= 0.3 is 0 Å². The van der Waals surface area contributed by atoms with Crippen molar-refractivity contribution in [3.8, 4) is 11.4 Å². The summed E-state index contributed by atoms with van der Waals surface area (Å²) in [6, 6.07) is 7.27. The summed E-state index contributed by atoms with van der Waals surface area (Å²) >= 11 is 0. The van der Waals surface area contributed by atoms with Crippen molar-refractivity contribution in [1.29, 1.82) is 0 Å². The average molecular weight is 481 g/mol. The molecule has 10 heteroatoms. The van der Waals surface area contributed by atoms with E-state index in [2.05, 4.69) is 20.3 Å². The Hall–Kier alpha value is -3.95. The number of aromatic nitrogens is 3. The maximum Gasteiger partial charge on any atom is 0.295 e. The molecule has 0 saturated carbocycles. The summed E-state index contributed by atoms with van der Waals surface area (Å²) in [7, 11) is 0. The van der Waals surface area contributed by atoms with Crippen LogP contribution >= 0.6 is 0 Å². The molecule has 180 valence electrons. The van der Waals surface area contributed by atoms with E-state index in [1.54, 1.807) is 11.0 Å². The minimum absolute atomic E-state index is 0.000914. The lowest BCUT2D eigenvalue weighted by molar-refractivity contribution is 0.0535. The van der Waals surface area contributed by atoms with Crippen molar-refractivity contribution >= 4 is 23.0 Å². The fourth-order valence-corrected chi connectivity index (χ4v) is 4.53. The maximum atomic E-state index is 15.0. The quantitative estimate of drug-likeness (QED) is 0.429. The molecule has 1 fully saturated rings. The van der Waals surface area contributed by atoms with Crippen molar-refractivity contribution in [3.05, 3.63) is 71.8 Å². The molecule has 1 amide bonds. The van der Waals surface area contributed by atoms with Gasteiger partial charge in [-0.25, -0.2) is 23.1 Å². The van der Waals surface area contributed by atoms with Crippen LogP contribution in [-0.2, 0) is 0 Å². The number of oxazole rings is 1. The van der Waals surface area contributed by atoms with Crippen molar-refractivity contribution < 1.29 is 22.4 Å². The van der Waals surface area contributed by atoms with Crippen LogP contribution < -0.4 is 5.32 Å². The van der Waals surface area contributed by atoms with E-state index in [-0.39, 0.29) is 41.5 Å². The molecule has 0 bridgehead atoms. The lowest BCUT2D eigenvalue weighted by Crippen LogP contribution is -2.51. The van der Waals surface area contributed by atoms with E-state index in [9.17, 15) is 13.6 Å². The van der Waals surface area contributed by atoms with Crippen molar-refractivity contribution in [2.75, 3.05) is 18.4 Å². The normalized spacial score (nSPS) is 18.1. The molecule has 3 heterocycles. The van der Waals surface area contributed by atoms with Crippen molar-refractivity contribution in [2.24, 2.45) is 5.92 Å². The van der Waals surface area contributed by atoms with Crippen molar-refractivity contribution in [3.63, 3.8) is 0 Å². The molecule has 1 saturated heterocycles. The molecule has 2 atom stereocenters.